The van der Waals surface area contributed by atoms with Crippen molar-refractivity contribution in [2.75, 3.05) is 31.2 Å². The molecule has 1 amide bonds. The normalized spacial score (nSPS) is 14.7. The van der Waals surface area contributed by atoms with Crippen LogP contribution in [-0.2, 0) is 11.3 Å². The Morgan fingerprint density at radius 2 is 1.81 bits per heavy atom. The zero-order chi connectivity index (χ0) is 19.6. The molecule has 0 radical (unpaired) electrons. The number of carbonyl (C=O) groups excluding carboxylic acids is 1. The number of nitrogens with one attached hydrogen (secondary N) is 1. The fraction of sp³-hybridized carbons (Fsp3) is 0.476. The van der Waals surface area contributed by atoms with Crippen LogP contribution in [0.2, 0.25) is 0 Å². The Morgan fingerprint density at radius 3 is 2.41 bits per heavy atom. The first-order valence-corrected chi connectivity index (χ1v) is 9.46. The van der Waals surface area contributed by atoms with Gasteiger partial charge < -0.3 is 19.5 Å². The summed E-state index contributed by atoms with van der Waals surface area (Å²) < 4.78 is 20.8. The van der Waals surface area contributed by atoms with E-state index in [2.05, 4.69) is 10.2 Å². The van der Waals surface area contributed by atoms with E-state index >= 15 is 0 Å². The fourth-order valence-electron chi connectivity index (χ4n) is 3.73. The predicted octanol–water partition coefficient (Wildman–Crippen LogP) is 3.27. The Hall–Kier alpha value is -2.34. The van der Waals surface area contributed by atoms with E-state index in [0.29, 0.717) is 25.5 Å². The lowest BCUT2D eigenvalue weighted by molar-refractivity contribution is 0.0933. The molecule has 0 saturated carbocycles. The van der Waals surface area contributed by atoms with Crippen molar-refractivity contribution in [1.29, 1.82) is 0 Å². The maximum Gasteiger partial charge on any atom is 0.268 e. The quantitative estimate of drug-likeness (QED) is 0.875. The van der Waals surface area contributed by atoms with E-state index in [1.807, 2.05) is 32.3 Å². The first-order valence-electron chi connectivity index (χ1n) is 9.46. The minimum atomic E-state index is -0.258. The van der Waals surface area contributed by atoms with Crippen molar-refractivity contribution in [3.63, 3.8) is 0 Å². The van der Waals surface area contributed by atoms with Gasteiger partial charge in [-0.25, -0.2) is 4.39 Å². The Morgan fingerprint density at radius 1 is 1.19 bits per heavy atom. The molecule has 0 atom stereocenters. The highest BCUT2D eigenvalue weighted by molar-refractivity contribution is 5.96. The summed E-state index contributed by atoms with van der Waals surface area (Å²) in [5.74, 6) is -0.335. The summed E-state index contributed by atoms with van der Waals surface area (Å²) >= 11 is 0. The molecule has 1 fully saturated rings. The number of nitrogens with zero attached hydrogens (tertiary/aromatic N) is 2. The van der Waals surface area contributed by atoms with Gasteiger partial charge in [0.25, 0.3) is 5.91 Å². The third-order valence-electron chi connectivity index (χ3n) is 4.94. The van der Waals surface area contributed by atoms with Crippen molar-refractivity contribution < 1.29 is 13.9 Å². The summed E-state index contributed by atoms with van der Waals surface area (Å²) in [5, 5.41) is 3.02. The first-order chi connectivity index (χ1) is 12.9. The summed E-state index contributed by atoms with van der Waals surface area (Å²) in [6.07, 6.45) is 0. The van der Waals surface area contributed by atoms with Crippen LogP contribution in [0.25, 0.3) is 0 Å². The summed E-state index contributed by atoms with van der Waals surface area (Å²) in [6, 6.07) is 6.50. The van der Waals surface area contributed by atoms with Crippen LogP contribution in [0.4, 0.5) is 10.1 Å². The van der Waals surface area contributed by atoms with Crippen LogP contribution in [0.1, 0.15) is 41.2 Å². The topological polar surface area (TPSA) is 46.5 Å². The molecule has 1 aromatic carbocycles. The van der Waals surface area contributed by atoms with Gasteiger partial charge in [-0.3, -0.25) is 4.79 Å². The molecular formula is C21H28FN3O2. The monoisotopic (exact) mass is 373 g/mol. The SMILES string of the molecule is Cc1c(N2CCOCC2)c(C)n(Cc2ccc(F)cc2)c1C(=O)NC(C)C. The number of amides is 1. The van der Waals surface area contributed by atoms with Crippen LogP contribution < -0.4 is 10.2 Å². The van der Waals surface area contributed by atoms with Crippen molar-refractivity contribution in [2.45, 2.75) is 40.3 Å². The lowest BCUT2D eigenvalue weighted by Crippen LogP contribution is -2.37. The van der Waals surface area contributed by atoms with Crippen molar-refractivity contribution in [3.05, 3.63) is 52.6 Å². The van der Waals surface area contributed by atoms with Crippen molar-refractivity contribution in [3.8, 4) is 0 Å². The Balaban J connectivity index is 2.05. The minimum Gasteiger partial charge on any atom is -0.378 e. The molecule has 1 N–H and O–H groups in total. The Bertz CT molecular complexity index is 806. The molecule has 146 valence electrons. The molecule has 1 saturated heterocycles. The van der Waals surface area contributed by atoms with E-state index < -0.39 is 0 Å². The number of hydrogen-bond donors (Lipinski definition) is 1. The van der Waals surface area contributed by atoms with Gasteiger partial charge in [-0.2, -0.15) is 0 Å². The highest BCUT2D eigenvalue weighted by Crippen LogP contribution is 2.32. The second-order valence-corrected chi connectivity index (χ2v) is 7.35. The van der Waals surface area contributed by atoms with E-state index in [0.717, 1.165) is 35.6 Å². The summed E-state index contributed by atoms with van der Waals surface area (Å²) in [5.41, 5.74) is 4.77. The van der Waals surface area contributed by atoms with Gasteiger partial charge in [0.05, 0.1) is 18.9 Å². The van der Waals surface area contributed by atoms with Gasteiger partial charge in [0.1, 0.15) is 11.5 Å². The van der Waals surface area contributed by atoms with E-state index in [4.69, 9.17) is 4.74 Å². The predicted molar refractivity (Wildman–Crippen MR) is 105 cm³/mol. The lowest BCUT2D eigenvalue weighted by Gasteiger charge is -2.29. The van der Waals surface area contributed by atoms with Crippen molar-refractivity contribution >= 4 is 11.6 Å². The largest absolute Gasteiger partial charge is 0.378 e. The molecule has 0 unspecified atom stereocenters. The number of hydrogen-bond acceptors (Lipinski definition) is 3. The molecule has 3 rings (SSSR count). The molecule has 2 aromatic rings. The second kappa shape index (κ2) is 8.13. The zero-order valence-corrected chi connectivity index (χ0v) is 16.5. The lowest BCUT2D eigenvalue weighted by atomic mass is 10.1. The smallest absolute Gasteiger partial charge is 0.268 e. The van der Waals surface area contributed by atoms with Gasteiger partial charge in [0.2, 0.25) is 0 Å². The van der Waals surface area contributed by atoms with Gasteiger partial charge in [-0.15, -0.1) is 0 Å². The van der Waals surface area contributed by atoms with Crippen molar-refractivity contribution in [1.82, 2.24) is 9.88 Å². The third kappa shape index (κ3) is 4.16. The molecule has 5 nitrogen and oxygen atoms in total. The highest BCUT2D eigenvalue weighted by Gasteiger charge is 2.27. The first kappa shape index (κ1) is 19.4. The van der Waals surface area contributed by atoms with E-state index in [1.165, 1.54) is 12.1 Å². The second-order valence-electron chi connectivity index (χ2n) is 7.35. The maximum absolute atomic E-state index is 13.3. The number of benzene rings is 1. The summed E-state index contributed by atoms with van der Waals surface area (Å²) in [6.45, 7) is 11.5. The number of halogens is 1. The van der Waals surface area contributed by atoms with Crippen LogP contribution in [0.5, 0.6) is 0 Å². The van der Waals surface area contributed by atoms with Crippen LogP contribution >= 0.6 is 0 Å². The van der Waals surface area contributed by atoms with Crippen LogP contribution in [-0.4, -0.2) is 42.8 Å². The minimum absolute atomic E-state index is 0.0539. The molecular weight excluding hydrogens is 345 g/mol. The van der Waals surface area contributed by atoms with E-state index in [-0.39, 0.29) is 17.8 Å². The Kier molecular flexibility index (Phi) is 5.85. The number of aromatic nitrogens is 1. The van der Waals surface area contributed by atoms with Crippen LogP contribution in [0.3, 0.4) is 0 Å². The van der Waals surface area contributed by atoms with Crippen LogP contribution in [0, 0.1) is 19.7 Å². The average Bonchev–Trinajstić information content (AvgIpc) is 2.87. The van der Waals surface area contributed by atoms with Gasteiger partial charge in [-0.1, -0.05) is 12.1 Å². The standard InChI is InChI=1S/C21H28FN3O2/c1-14(2)23-21(26)20-15(3)19(24-9-11-27-12-10-24)16(4)25(20)13-17-5-7-18(22)8-6-17/h5-8,14H,9-13H2,1-4H3,(H,23,26). The van der Waals surface area contributed by atoms with Gasteiger partial charge in [-0.05, 0) is 45.4 Å². The van der Waals surface area contributed by atoms with Gasteiger partial charge in [0.15, 0.2) is 0 Å². The highest BCUT2D eigenvalue weighted by atomic mass is 19.1. The van der Waals surface area contributed by atoms with E-state index in [1.54, 1.807) is 12.1 Å². The van der Waals surface area contributed by atoms with Crippen LogP contribution in [0.15, 0.2) is 24.3 Å². The molecule has 0 spiro atoms. The molecule has 2 heterocycles. The Labute approximate surface area is 160 Å². The third-order valence-corrected chi connectivity index (χ3v) is 4.94. The molecule has 0 bridgehead atoms. The summed E-state index contributed by atoms with van der Waals surface area (Å²) in [7, 11) is 0. The molecule has 0 aliphatic carbocycles. The fourth-order valence-corrected chi connectivity index (χ4v) is 3.73. The number of morpholine rings is 1. The number of ether oxygens (including phenoxy) is 1. The van der Waals surface area contributed by atoms with Crippen molar-refractivity contribution in [2.24, 2.45) is 0 Å². The molecule has 6 heteroatoms. The van der Waals surface area contributed by atoms with Gasteiger partial charge >= 0.3 is 0 Å². The summed E-state index contributed by atoms with van der Waals surface area (Å²) in [4.78, 5) is 15.2. The number of carbonyl (C=O) groups is 1. The maximum atomic E-state index is 13.3. The molecule has 1 aliphatic rings. The average molecular weight is 373 g/mol. The zero-order valence-electron chi connectivity index (χ0n) is 16.5. The van der Waals surface area contributed by atoms with E-state index in [9.17, 15) is 9.18 Å². The molecule has 27 heavy (non-hydrogen) atoms. The molecule has 1 aliphatic heterocycles. The number of rotatable bonds is 5. The number of anilines is 1. The van der Waals surface area contributed by atoms with Gasteiger partial charge in [0, 0.05) is 36.9 Å². The molecule has 1 aromatic heterocycles.